The third-order valence-electron chi connectivity index (χ3n) is 4.30. The summed E-state index contributed by atoms with van der Waals surface area (Å²) in [6.07, 6.45) is 2.04. The van der Waals surface area contributed by atoms with Crippen LogP contribution in [0.4, 0.5) is 11.4 Å². The van der Waals surface area contributed by atoms with E-state index in [1.807, 2.05) is 55.6 Å². The van der Waals surface area contributed by atoms with Gasteiger partial charge in [-0.15, -0.1) is 0 Å². The highest BCUT2D eigenvalue weighted by atomic mass is 16.2. The minimum Gasteiger partial charge on any atom is -0.373 e. The van der Waals surface area contributed by atoms with Gasteiger partial charge < -0.3 is 10.3 Å². The predicted molar refractivity (Wildman–Crippen MR) is 94.0 cm³/mol. The van der Waals surface area contributed by atoms with Crippen LogP contribution in [0, 0.1) is 6.92 Å². The molecule has 2 N–H and O–H groups in total. The van der Waals surface area contributed by atoms with Gasteiger partial charge in [-0.25, -0.2) is 4.90 Å². The molecule has 0 unspecified atom stereocenters. The van der Waals surface area contributed by atoms with Crippen LogP contribution in [0.1, 0.15) is 12.0 Å². The van der Waals surface area contributed by atoms with E-state index in [0.717, 1.165) is 22.2 Å². The topological polar surface area (TPSA) is 65.2 Å². The lowest BCUT2D eigenvalue weighted by molar-refractivity contribution is -0.121. The van der Waals surface area contributed by atoms with Gasteiger partial charge in [0.2, 0.25) is 5.91 Å². The summed E-state index contributed by atoms with van der Waals surface area (Å²) in [4.78, 5) is 29.4. The second-order valence-electron chi connectivity index (χ2n) is 6.09. The van der Waals surface area contributed by atoms with Gasteiger partial charge >= 0.3 is 0 Å². The van der Waals surface area contributed by atoms with Crippen molar-refractivity contribution in [1.29, 1.82) is 0 Å². The number of amides is 2. The van der Waals surface area contributed by atoms with Crippen LogP contribution in [-0.4, -0.2) is 22.8 Å². The smallest absolute Gasteiger partial charge is 0.256 e. The number of rotatable bonds is 3. The number of carbonyl (C=O) groups excluding carboxylic acids is 2. The molecule has 1 fully saturated rings. The van der Waals surface area contributed by atoms with Gasteiger partial charge in [0.05, 0.1) is 12.1 Å². The fourth-order valence-electron chi connectivity index (χ4n) is 3.12. The maximum Gasteiger partial charge on any atom is 0.256 e. The summed E-state index contributed by atoms with van der Waals surface area (Å²) in [6, 6.07) is 14.7. The Hall–Kier alpha value is -3.08. The number of aromatic amines is 1. The first-order valence-electron chi connectivity index (χ1n) is 7.89. The Labute approximate surface area is 139 Å². The number of hydrogen-bond donors (Lipinski definition) is 2. The largest absolute Gasteiger partial charge is 0.373 e. The van der Waals surface area contributed by atoms with E-state index in [9.17, 15) is 9.59 Å². The predicted octanol–water partition coefficient (Wildman–Crippen LogP) is 3.22. The zero-order valence-corrected chi connectivity index (χ0v) is 13.2. The quantitative estimate of drug-likeness (QED) is 0.729. The van der Waals surface area contributed by atoms with Gasteiger partial charge in [0, 0.05) is 17.4 Å². The molecular formula is C19H17N3O2. The Morgan fingerprint density at radius 3 is 2.83 bits per heavy atom. The number of aryl methyl sites for hydroxylation is 1. The molecule has 1 aliphatic rings. The van der Waals surface area contributed by atoms with Crippen LogP contribution in [0.25, 0.3) is 10.9 Å². The molecule has 0 aliphatic carbocycles. The van der Waals surface area contributed by atoms with Crippen LogP contribution in [0.15, 0.2) is 54.7 Å². The van der Waals surface area contributed by atoms with E-state index < -0.39 is 6.04 Å². The second-order valence-corrected chi connectivity index (χ2v) is 6.09. The summed E-state index contributed by atoms with van der Waals surface area (Å²) in [6.45, 7) is 1.94. The van der Waals surface area contributed by atoms with Gasteiger partial charge in [0.15, 0.2) is 0 Å². The summed E-state index contributed by atoms with van der Waals surface area (Å²) in [5, 5.41) is 4.29. The number of carbonyl (C=O) groups is 2. The fourth-order valence-corrected chi connectivity index (χ4v) is 3.12. The highest BCUT2D eigenvalue weighted by Crippen LogP contribution is 2.26. The van der Waals surface area contributed by atoms with Crippen molar-refractivity contribution in [3.05, 3.63) is 60.3 Å². The van der Waals surface area contributed by atoms with E-state index in [4.69, 9.17) is 0 Å². The molecule has 24 heavy (non-hydrogen) atoms. The fraction of sp³-hybridized carbons (Fsp3) is 0.158. The monoisotopic (exact) mass is 319 g/mol. The first-order valence-corrected chi connectivity index (χ1v) is 7.89. The molecule has 0 saturated carbocycles. The third kappa shape index (κ3) is 2.44. The highest BCUT2D eigenvalue weighted by molar-refractivity contribution is 6.23. The molecule has 4 rings (SSSR count). The van der Waals surface area contributed by atoms with Crippen molar-refractivity contribution in [2.75, 3.05) is 10.2 Å². The highest BCUT2D eigenvalue weighted by Gasteiger charge is 2.39. The molecule has 1 saturated heterocycles. The van der Waals surface area contributed by atoms with Gasteiger partial charge in [0.1, 0.15) is 6.04 Å². The third-order valence-corrected chi connectivity index (χ3v) is 4.30. The second kappa shape index (κ2) is 5.53. The van der Waals surface area contributed by atoms with Crippen LogP contribution in [0.2, 0.25) is 0 Å². The van der Waals surface area contributed by atoms with Crippen molar-refractivity contribution in [3.8, 4) is 0 Å². The number of anilines is 2. The van der Waals surface area contributed by atoms with Gasteiger partial charge in [-0.2, -0.15) is 0 Å². The maximum atomic E-state index is 12.7. The van der Waals surface area contributed by atoms with Gasteiger partial charge in [-0.1, -0.05) is 18.2 Å². The SMILES string of the molecule is Cc1cccc(N2C(=O)C[C@H](Nc3ccc4cc[nH]c4c3)C2=O)c1. The van der Waals surface area contributed by atoms with Crippen molar-refractivity contribution in [1.82, 2.24) is 4.98 Å². The molecule has 1 atom stereocenters. The van der Waals surface area contributed by atoms with Crippen LogP contribution in [-0.2, 0) is 9.59 Å². The molecule has 120 valence electrons. The number of nitrogens with zero attached hydrogens (tertiary/aromatic N) is 1. The van der Waals surface area contributed by atoms with Crippen molar-refractivity contribution in [3.63, 3.8) is 0 Å². The number of benzene rings is 2. The summed E-state index contributed by atoms with van der Waals surface area (Å²) in [5.74, 6) is -0.388. The van der Waals surface area contributed by atoms with E-state index in [-0.39, 0.29) is 18.2 Å². The van der Waals surface area contributed by atoms with E-state index in [0.29, 0.717) is 5.69 Å². The Morgan fingerprint density at radius 1 is 1.12 bits per heavy atom. The molecule has 3 aromatic rings. The first kappa shape index (κ1) is 14.5. The molecule has 2 amide bonds. The van der Waals surface area contributed by atoms with Crippen molar-refractivity contribution < 1.29 is 9.59 Å². The summed E-state index contributed by atoms with van der Waals surface area (Å²) in [5.41, 5.74) is 3.46. The van der Waals surface area contributed by atoms with E-state index >= 15 is 0 Å². The van der Waals surface area contributed by atoms with Crippen molar-refractivity contribution in [2.24, 2.45) is 0 Å². The lowest BCUT2D eigenvalue weighted by atomic mass is 10.2. The molecule has 5 nitrogen and oxygen atoms in total. The van der Waals surface area contributed by atoms with E-state index in [1.165, 1.54) is 4.90 Å². The average molecular weight is 319 g/mol. The van der Waals surface area contributed by atoms with Crippen LogP contribution in [0.3, 0.4) is 0 Å². The number of hydrogen-bond acceptors (Lipinski definition) is 3. The minimum absolute atomic E-state index is 0.162. The molecule has 0 radical (unpaired) electrons. The number of imide groups is 1. The van der Waals surface area contributed by atoms with E-state index in [2.05, 4.69) is 10.3 Å². The summed E-state index contributed by atoms with van der Waals surface area (Å²) in [7, 11) is 0. The number of H-pyrrole nitrogens is 1. The lowest BCUT2D eigenvalue weighted by Crippen LogP contribution is -2.34. The Bertz CT molecular complexity index is 944. The lowest BCUT2D eigenvalue weighted by Gasteiger charge is -2.16. The standard InChI is InChI=1S/C19H17N3O2/c1-12-3-2-4-15(9-12)22-18(23)11-17(19(22)24)21-14-6-5-13-7-8-20-16(13)10-14/h2-10,17,20-21H,11H2,1H3/t17-/m0/s1. The zero-order chi connectivity index (χ0) is 16.7. The average Bonchev–Trinajstić information content (AvgIpc) is 3.12. The summed E-state index contributed by atoms with van der Waals surface area (Å²) >= 11 is 0. The number of fused-ring (bicyclic) bond motifs is 1. The van der Waals surface area contributed by atoms with Gasteiger partial charge in [-0.05, 0) is 48.2 Å². The zero-order valence-electron chi connectivity index (χ0n) is 13.2. The molecule has 0 spiro atoms. The van der Waals surface area contributed by atoms with Crippen LogP contribution < -0.4 is 10.2 Å². The molecule has 5 heteroatoms. The molecule has 0 bridgehead atoms. The normalized spacial score (nSPS) is 17.7. The minimum atomic E-state index is -0.537. The maximum absolute atomic E-state index is 12.7. The number of nitrogens with one attached hydrogen (secondary N) is 2. The molecular weight excluding hydrogens is 302 g/mol. The molecule has 1 aromatic heterocycles. The Kier molecular flexibility index (Phi) is 3.34. The number of aromatic nitrogens is 1. The molecule has 2 heterocycles. The van der Waals surface area contributed by atoms with Gasteiger partial charge in [-0.3, -0.25) is 9.59 Å². The van der Waals surface area contributed by atoms with Crippen molar-refractivity contribution in [2.45, 2.75) is 19.4 Å². The molecule has 2 aromatic carbocycles. The Morgan fingerprint density at radius 2 is 2.00 bits per heavy atom. The van der Waals surface area contributed by atoms with Crippen LogP contribution >= 0.6 is 0 Å². The molecule has 1 aliphatic heterocycles. The van der Waals surface area contributed by atoms with Crippen LogP contribution in [0.5, 0.6) is 0 Å². The first-order chi connectivity index (χ1) is 11.6. The Balaban J connectivity index is 1.58. The summed E-state index contributed by atoms with van der Waals surface area (Å²) < 4.78 is 0. The van der Waals surface area contributed by atoms with E-state index in [1.54, 1.807) is 6.07 Å². The van der Waals surface area contributed by atoms with Crippen molar-refractivity contribution >= 4 is 34.1 Å². The van der Waals surface area contributed by atoms with Gasteiger partial charge in [0.25, 0.3) is 5.91 Å².